The zero-order valence-corrected chi connectivity index (χ0v) is 15.4. The highest BCUT2D eigenvalue weighted by Crippen LogP contribution is 2.28. The maximum atomic E-state index is 12.5. The molecule has 0 unspecified atom stereocenters. The van der Waals surface area contributed by atoms with Crippen molar-refractivity contribution in [3.63, 3.8) is 0 Å². The standard InChI is InChI=1S/C14H13BrClN3O4S/c15-10-7-9(8-18-14(10)16)24(21,22)19-11-3-1-2-4-12(11)23-6-5-13(17)20/h1-4,7-8,19H,5-6H2,(H2,17,20). The summed E-state index contributed by atoms with van der Waals surface area (Å²) in [6.45, 7) is 0.0438. The summed E-state index contributed by atoms with van der Waals surface area (Å²) >= 11 is 8.90. The molecule has 1 aromatic heterocycles. The molecule has 0 aliphatic carbocycles. The van der Waals surface area contributed by atoms with E-state index >= 15 is 0 Å². The van der Waals surface area contributed by atoms with Crippen molar-refractivity contribution in [2.45, 2.75) is 11.3 Å². The number of carbonyl (C=O) groups is 1. The van der Waals surface area contributed by atoms with Crippen LogP contribution in [0, 0.1) is 0 Å². The van der Waals surface area contributed by atoms with E-state index < -0.39 is 15.9 Å². The molecular formula is C14H13BrClN3O4S. The third kappa shape index (κ3) is 4.83. The van der Waals surface area contributed by atoms with Gasteiger partial charge in [0.15, 0.2) is 0 Å². The molecule has 0 aliphatic heterocycles. The van der Waals surface area contributed by atoms with E-state index in [0.29, 0.717) is 4.47 Å². The minimum atomic E-state index is -3.89. The second kappa shape index (κ2) is 7.82. The lowest BCUT2D eigenvalue weighted by Gasteiger charge is -2.13. The predicted molar refractivity (Wildman–Crippen MR) is 93.5 cm³/mol. The molecule has 2 rings (SSSR count). The molecule has 0 fully saturated rings. The number of hydrogen-bond acceptors (Lipinski definition) is 5. The van der Waals surface area contributed by atoms with Crippen LogP contribution in [0.5, 0.6) is 5.75 Å². The first kappa shape index (κ1) is 18.5. The molecule has 0 radical (unpaired) electrons. The molecule has 128 valence electrons. The summed E-state index contributed by atoms with van der Waals surface area (Å²) in [5.74, 6) is -0.228. The van der Waals surface area contributed by atoms with Gasteiger partial charge in [-0.2, -0.15) is 0 Å². The molecule has 0 saturated carbocycles. The van der Waals surface area contributed by atoms with Crippen molar-refractivity contribution in [1.29, 1.82) is 0 Å². The molecule has 1 amide bonds. The van der Waals surface area contributed by atoms with E-state index in [4.69, 9.17) is 22.1 Å². The van der Waals surface area contributed by atoms with Gasteiger partial charge in [-0.1, -0.05) is 23.7 Å². The fraction of sp³-hybridized carbons (Fsp3) is 0.143. The molecule has 0 saturated heterocycles. The number of amides is 1. The number of aromatic nitrogens is 1. The van der Waals surface area contributed by atoms with Gasteiger partial charge in [0.2, 0.25) is 5.91 Å². The Morgan fingerprint density at radius 2 is 2.08 bits per heavy atom. The second-order valence-corrected chi connectivity index (χ2v) is 7.50. The second-order valence-electron chi connectivity index (χ2n) is 4.61. The molecule has 7 nitrogen and oxygen atoms in total. The number of sulfonamides is 1. The number of rotatable bonds is 7. The van der Waals surface area contributed by atoms with E-state index in [-0.39, 0.29) is 34.5 Å². The van der Waals surface area contributed by atoms with E-state index in [9.17, 15) is 13.2 Å². The topological polar surface area (TPSA) is 111 Å². The number of primary amides is 1. The number of halogens is 2. The molecule has 1 aromatic carbocycles. The van der Waals surface area contributed by atoms with Gasteiger partial charge in [-0.25, -0.2) is 13.4 Å². The SMILES string of the molecule is NC(=O)CCOc1ccccc1NS(=O)(=O)c1cnc(Cl)c(Br)c1. The van der Waals surface area contributed by atoms with E-state index in [1.54, 1.807) is 18.2 Å². The number of hydrogen-bond donors (Lipinski definition) is 2. The number of nitrogens with one attached hydrogen (secondary N) is 1. The van der Waals surface area contributed by atoms with Gasteiger partial charge in [0.25, 0.3) is 10.0 Å². The fourth-order valence-electron chi connectivity index (χ4n) is 1.69. The van der Waals surface area contributed by atoms with Crippen LogP contribution in [0.3, 0.4) is 0 Å². The molecule has 0 atom stereocenters. The summed E-state index contributed by atoms with van der Waals surface area (Å²) in [5, 5.41) is 0.157. The molecule has 0 bridgehead atoms. The van der Waals surface area contributed by atoms with Crippen molar-refractivity contribution in [2.24, 2.45) is 5.73 Å². The van der Waals surface area contributed by atoms with Crippen molar-refractivity contribution in [1.82, 2.24) is 4.98 Å². The molecule has 3 N–H and O–H groups in total. The van der Waals surface area contributed by atoms with Crippen molar-refractivity contribution in [3.05, 3.63) is 46.2 Å². The number of ether oxygens (including phenoxy) is 1. The highest BCUT2D eigenvalue weighted by Gasteiger charge is 2.18. The number of carbonyl (C=O) groups excluding carboxylic acids is 1. The summed E-state index contributed by atoms with van der Waals surface area (Å²) in [5.41, 5.74) is 5.28. The van der Waals surface area contributed by atoms with Crippen molar-refractivity contribution in [3.8, 4) is 5.75 Å². The molecule has 0 aliphatic rings. The quantitative estimate of drug-likeness (QED) is 0.651. The van der Waals surface area contributed by atoms with Gasteiger partial charge in [-0.15, -0.1) is 0 Å². The first-order chi connectivity index (χ1) is 11.3. The predicted octanol–water partition coefficient (Wildman–Crippen LogP) is 2.55. The minimum Gasteiger partial charge on any atom is -0.491 e. The number of para-hydroxylation sites is 2. The van der Waals surface area contributed by atoms with Crippen LogP contribution in [0.1, 0.15) is 6.42 Å². The lowest BCUT2D eigenvalue weighted by molar-refractivity contribution is -0.118. The summed E-state index contributed by atoms with van der Waals surface area (Å²) in [6, 6.07) is 7.78. The van der Waals surface area contributed by atoms with E-state index in [1.165, 1.54) is 12.1 Å². The Labute approximate surface area is 152 Å². The van der Waals surface area contributed by atoms with Gasteiger partial charge < -0.3 is 10.5 Å². The van der Waals surface area contributed by atoms with Crippen LogP contribution in [-0.2, 0) is 14.8 Å². The molecular weight excluding hydrogens is 422 g/mol. The molecule has 0 spiro atoms. The summed E-state index contributed by atoms with van der Waals surface area (Å²) in [6.07, 6.45) is 1.17. The van der Waals surface area contributed by atoms with E-state index in [2.05, 4.69) is 25.6 Å². The van der Waals surface area contributed by atoms with E-state index in [0.717, 1.165) is 6.20 Å². The third-order valence-electron chi connectivity index (χ3n) is 2.82. The smallest absolute Gasteiger partial charge is 0.263 e. The molecule has 10 heteroatoms. The first-order valence-corrected chi connectivity index (χ1v) is 9.29. The number of pyridine rings is 1. The number of benzene rings is 1. The zero-order valence-electron chi connectivity index (χ0n) is 12.2. The Morgan fingerprint density at radius 1 is 1.38 bits per heavy atom. The fourth-order valence-corrected chi connectivity index (χ4v) is 3.34. The van der Waals surface area contributed by atoms with Crippen LogP contribution in [-0.4, -0.2) is 25.9 Å². The van der Waals surface area contributed by atoms with Crippen LogP contribution in [0.4, 0.5) is 5.69 Å². The summed E-state index contributed by atoms with van der Waals surface area (Å²) in [4.78, 5) is 14.5. The maximum Gasteiger partial charge on any atom is 0.263 e. The average Bonchev–Trinajstić information content (AvgIpc) is 2.51. The number of anilines is 1. The normalized spacial score (nSPS) is 11.1. The lowest BCUT2D eigenvalue weighted by Crippen LogP contribution is -2.16. The zero-order chi connectivity index (χ0) is 17.7. The third-order valence-corrected chi connectivity index (χ3v) is 5.29. The summed E-state index contributed by atoms with van der Waals surface area (Å²) < 4.78 is 33.1. The molecule has 2 aromatic rings. The number of nitrogens with two attached hydrogens (primary N) is 1. The summed E-state index contributed by atoms with van der Waals surface area (Å²) in [7, 11) is -3.89. The van der Waals surface area contributed by atoms with Gasteiger partial charge >= 0.3 is 0 Å². The van der Waals surface area contributed by atoms with Crippen molar-refractivity contribution >= 4 is 49.1 Å². The van der Waals surface area contributed by atoms with Gasteiger partial charge in [0, 0.05) is 6.20 Å². The Bertz CT molecular complexity index is 861. The van der Waals surface area contributed by atoms with Crippen LogP contribution in [0.2, 0.25) is 5.15 Å². The Hall–Kier alpha value is -1.84. The Morgan fingerprint density at radius 3 is 2.75 bits per heavy atom. The largest absolute Gasteiger partial charge is 0.491 e. The van der Waals surface area contributed by atoms with Crippen molar-refractivity contribution < 1.29 is 17.9 Å². The molecule has 1 heterocycles. The molecule has 24 heavy (non-hydrogen) atoms. The Kier molecular flexibility index (Phi) is 6.03. The average molecular weight is 435 g/mol. The van der Waals surface area contributed by atoms with Gasteiger partial charge in [0.1, 0.15) is 15.8 Å². The lowest BCUT2D eigenvalue weighted by atomic mass is 10.3. The maximum absolute atomic E-state index is 12.5. The van der Waals surface area contributed by atoms with Crippen LogP contribution >= 0.6 is 27.5 Å². The minimum absolute atomic E-state index is 0.0230. The van der Waals surface area contributed by atoms with Gasteiger partial charge in [-0.3, -0.25) is 9.52 Å². The van der Waals surface area contributed by atoms with Gasteiger partial charge in [0.05, 0.1) is 23.2 Å². The van der Waals surface area contributed by atoms with Crippen LogP contribution in [0.25, 0.3) is 0 Å². The highest BCUT2D eigenvalue weighted by molar-refractivity contribution is 9.10. The monoisotopic (exact) mass is 433 g/mol. The van der Waals surface area contributed by atoms with Crippen molar-refractivity contribution in [2.75, 3.05) is 11.3 Å². The van der Waals surface area contributed by atoms with Crippen LogP contribution < -0.4 is 15.2 Å². The van der Waals surface area contributed by atoms with Crippen LogP contribution in [0.15, 0.2) is 45.9 Å². The Balaban J connectivity index is 2.23. The number of nitrogens with zero attached hydrogens (tertiary/aromatic N) is 1. The van der Waals surface area contributed by atoms with Gasteiger partial charge in [-0.05, 0) is 34.1 Å². The highest BCUT2D eigenvalue weighted by atomic mass is 79.9. The first-order valence-electron chi connectivity index (χ1n) is 6.63. The van der Waals surface area contributed by atoms with E-state index in [1.807, 2.05) is 0 Å².